The summed E-state index contributed by atoms with van der Waals surface area (Å²) >= 11 is 5.51. The molecular formula is C16H21BClN3O2. The zero-order valence-corrected chi connectivity index (χ0v) is 14.6. The highest BCUT2D eigenvalue weighted by Crippen LogP contribution is 2.24. The Bertz CT molecular complexity index is 619. The average Bonchev–Trinajstić information content (AvgIpc) is 2.46. The Balaban J connectivity index is 2.66. The summed E-state index contributed by atoms with van der Waals surface area (Å²) in [5, 5.41) is 2.49. The van der Waals surface area contributed by atoms with Crippen molar-refractivity contribution in [1.82, 2.24) is 0 Å². The fraction of sp³-hybridized carbons (Fsp3) is 0.312. The van der Waals surface area contributed by atoms with Crippen molar-refractivity contribution >= 4 is 43.2 Å². The molecule has 0 bridgehead atoms. The lowest BCUT2D eigenvalue weighted by molar-refractivity contribution is -0.136. The normalized spacial score (nSPS) is 12.3. The highest BCUT2D eigenvalue weighted by Gasteiger charge is 2.23. The van der Waals surface area contributed by atoms with Crippen LogP contribution in [0.2, 0.25) is 5.31 Å². The summed E-state index contributed by atoms with van der Waals surface area (Å²) in [7, 11) is 1.81. The van der Waals surface area contributed by atoms with Gasteiger partial charge in [0.2, 0.25) is 0 Å². The number of amidine groups is 1. The minimum Gasteiger partial charge on any atom is -0.427 e. The average molecular weight is 334 g/mol. The van der Waals surface area contributed by atoms with Gasteiger partial charge < -0.3 is 10.1 Å². The second kappa shape index (κ2) is 8.53. The van der Waals surface area contributed by atoms with Crippen molar-refractivity contribution in [3.8, 4) is 5.75 Å². The van der Waals surface area contributed by atoms with Crippen LogP contribution in [0.25, 0.3) is 0 Å². The number of nitrogens with one attached hydrogen (secondary N) is 1. The first-order valence-electron chi connectivity index (χ1n) is 7.14. The third kappa shape index (κ3) is 7.15. The van der Waals surface area contributed by atoms with Crippen molar-refractivity contribution in [3.05, 3.63) is 36.7 Å². The van der Waals surface area contributed by atoms with Crippen LogP contribution in [0.5, 0.6) is 5.75 Å². The van der Waals surface area contributed by atoms with Crippen LogP contribution in [0.4, 0.5) is 5.69 Å². The molecule has 0 aliphatic carbocycles. The van der Waals surface area contributed by atoms with Gasteiger partial charge in [-0.1, -0.05) is 20.4 Å². The summed E-state index contributed by atoms with van der Waals surface area (Å²) in [6.45, 7) is 9.18. The molecule has 1 N–H and O–H groups in total. The van der Waals surface area contributed by atoms with Crippen LogP contribution in [-0.4, -0.2) is 31.7 Å². The molecular weight excluding hydrogens is 312 g/mol. The zero-order valence-electron chi connectivity index (χ0n) is 13.9. The molecule has 23 heavy (non-hydrogen) atoms. The third-order valence-electron chi connectivity index (χ3n) is 2.61. The van der Waals surface area contributed by atoms with Crippen LogP contribution in [0.1, 0.15) is 20.8 Å². The van der Waals surface area contributed by atoms with E-state index in [1.54, 1.807) is 37.4 Å². The van der Waals surface area contributed by atoms with E-state index in [9.17, 15) is 4.79 Å². The van der Waals surface area contributed by atoms with E-state index >= 15 is 0 Å². The van der Waals surface area contributed by atoms with Crippen molar-refractivity contribution < 1.29 is 9.53 Å². The summed E-state index contributed by atoms with van der Waals surface area (Å²) in [6.07, 6.45) is 1.56. The van der Waals surface area contributed by atoms with E-state index in [-0.39, 0.29) is 5.97 Å². The van der Waals surface area contributed by atoms with Gasteiger partial charge in [-0.3, -0.25) is 4.79 Å². The molecule has 0 heterocycles. The second-order valence-corrected chi connectivity index (χ2v) is 6.17. The number of halogens is 1. The number of nitrogens with zero attached hydrogens (tertiary/aromatic N) is 2. The number of alkyl halides is 1. The van der Waals surface area contributed by atoms with Crippen LogP contribution >= 0.6 is 11.6 Å². The number of hydrogen-bond donors (Lipinski definition) is 1. The second-order valence-electron chi connectivity index (χ2n) is 5.86. The van der Waals surface area contributed by atoms with E-state index in [0.717, 1.165) is 5.69 Å². The molecule has 1 aromatic carbocycles. The Morgan fingerprint density at radius 3 is 2.57 bits per heavy atom. The van der Waals surface area contributed by atoms with Crippen molar-refractivity contribution in [2.45, 2.75) is 26.1 Å². The lowest BCUT2D eigenvalue weighted by Crippen LogP contribution is -2.22. The zero-order chi connectivity index (χ0) is 17.5. The van der Waals surface area contributed by atoms with Crippen molar-refractivity contribution in [2.75, 3.05) is 11.2 Å². The number of carbonyl (C=O) groups is 1. The van der Waals surface area contributed by atoms with Gasteiger partial charge in [-0.05, 0) is 31.2 Å². The first kappa shape index (κ1) is 19.0. The fourth-order valence-corrected chi connectivity index (χ4v) is 1.52. The smallest absolute Gasteiger partial charge is 0.308 e. The molecule has 0 saturated heterocycles. The molecule has 0 spiro atoms. The van der Waals surface area contributed by atoms with E-state index in [2.05, 4.69) is 21.9 Å². The van der Waals surface area contributed by atoms with E-state index in [1.165, 1.54) is 0 Å². The first-order chi connectivity index (χ1) is 10.7. The molecule has 122 valence electrons. The summed E-state index contributed by atoms with van der Waals surface area (Å²) in [5.41, 5.74) is 0.781. The Morgan fingerprint density at radius 1 is 1.43 bits per heavy atom. The lowest BCUT2D eigenvalue weighted by atomic mass is 9.73. The molecule has 0 aliphatic rings. The number of carbonyl (C=O) groups excluding carboxylic acids is 1. The number of aliphatic imine (C=N–C) groups is 2. The minimum atomic E-state index is -0.541. The maximum Gasteiger partial charge on any atom is 0.308 e. The van der Waals surface area contributed by atoms with Crippen LogP contribution in [-0.2, 0) is 4.79 Å². The van der Waals surface area contributed by atoms with Crippen LogP contribution in [0.3, 0.4) is 0 Å². The molecule has 0 atom stereocenters. The third-order valence-corrected chi connectivity index (χ3v) is 2.75. The molecule has 0 radical (unpaired) electrons. The number of ether oxygens (including phenoxy) is 1. The number of esters is 1. The Morgan fingerprint density at radius 2 is 2.04 bits per heavy atom. The van der Waals surface area contributed by atoms with Crippen molar-refractivity contribution in [1.29, 1.82) is 0 Å². The Hall–Kier alpha value is -2.08. The standard InChI is InChI=1S/C16H21BClN3O2/c1-11(19-10-9-18)20-12(2)21-13-5-7-14(8-6-13)23-15(22)16(3,4)17/h5-8,10,21H,2,9,17H2,1,3-4H3/b19-10+,20-11-. The molecule has 0 aliphatic heterocycles. The minimum absolute atomic E-state index is 0.278. The molecule has 0 unspecified atom stereocenters. The maximum atomic E-state index is 11.8. The van der Waals surface area contributed by atoms with Gasteiger partial charge in [0.25, 0.3) is 0 Å². The number of rotatable bonds is 6. The highest BCUT2D eigenvalue weighted by molar-refractivity contribution is 6.26. The summed E-state index contributed by atoms with van der Waals surface area (Å²) in [5.74, 6) is 1.56. The van der Waals surface area contributed by atoms with Crippen molar-refractivity contribution in [3.63, 3.8) is 0 Å². The topological polar surface area (TPSA) is 63.0 Å². The van der Waals surface area contributed by atoms with E-state index < -0.39 is 5.31 Å². The van der Waals surface area contributed by atoms with Crippen LogP contribution < -0.4 is 10.1 Å². The highest BCUT2D eigenvalue weighted by atomic mass is 35.5. The lowest BCUT2D eigenvalue weighted by Gasteiger charge is -2.16. The molecule has 0 amide bonds. The monoisotopic (exact) mass is 333 g/mol. The Kier molecular flexibility index (Phi) is 7.04. The molecule has 5 nitrogen and oxygen atoms in total. The van der Waals surface area contributed by atoms with Crippen LogP contribution in [0.15, 0.2) is 46.7 Å². The predicted molar refractivity (Wildman–Crippen MR) is 99.7 cm³/mol. The molecule has 0 saturated carbocycles. The number of hydrogen-bond acceptors (Lipinski definition) is 4. The van der Waals surface area contributed by atoms with E-state index in [4.69, 9.17) is 16.3 Å². The van der Waals surface area contributed by atoms with Crippen molar-refractivity contribution in [2.24, 2.45) is 9.98 Å². The molecule has 1 aromatic rings. The van der Waals surface area contributed by atoms with Gasteiger partial charge >= 0.3 is 5.97 Å². The van der Waals surface area contributed by atoms with Gasteiger partial charge in [-0.25, -0.2) is 9.98 Å². The summed E-state index contributed by atoms with van der Waals surface area (Å²) < 4.78 is 5.30. The quantitative estimate of drug-likeness (QED) is 0.217. The van der Waals surface area contributed by atoms with Gasteiger partial charge in [-0.2, -0.15) is 0 Å². The summed E-state index contributed by atoms with van der Waals surface area (Å²) in [4.78, 5) is 20.0. The van der Waals surface area contributed by atoms with Gasteiger partial charge in [0.1, 0.15) is 25.3 Å². The van der Waals surface area contributed by atoms with E-state index in [0.29, 0.717) is 23.3 Å². The molecule has 1 rings (SSSR count). The molecule has 7 heteroatoms. The van der Waals surface area contributed by atoms with Gasteiger partial charge in [0.05, 0.1) is 5.88 Å². The fourth-order valence-electron chi connectivity index (χ4n) is 1.45. The Labute approximate surface area is 142 Å². The summed E-state index contributed by atoms with van der Waals surface area (Å²) in [6, 6.07) is 6.98. The predicted octanol–water partition coefficient (Wildman–Crippen LogP) is 3.03. The largest absolute Gasteiger partial charge is 0.427 e. The number of anilines is 1. The molecule has 0 aromatic heterocycles. The van der Waals surface area contributed by atoms with Gasteiger partial charge in [-0.15, -0.1) is 11.6 Å². The van der Waals surface area contributed by atoms with Crippen LogP contribution in [0, 0.1) is 0 Å². The number of benzene rings is 1. The maximum absolute atomic E-state index is 11.8. The SMILES string of the molecule is BC(C)(C)C(=O)Oc1ccc(NC(=C)/N=C(C)\N=C\CCl)cc1. The van der Waals surface area contributed by atoms with E-state index in [1.807, 2.05) is 21.7 Å². The van der Waals surface area contributed by atoms with Gasteiger partial charge in [0, 0.05) is 17.2 Å². The molecule has 0 fully saturated rings. The first-order valence-corrected chi connectivity index (χ1v) is 7.68. The van der Waals surface area contributed by atoms with Gasteiger partial charge in [0.15, 0.2) is 0 Å².